The lowest BCUT2D eigenvalue weighted by atomic mass is 9.94. The number of allylic oxidation sites excluding steroid dienone is 1. The van der Waals surface area contributed by atoms with Gasteiger partial charge in [0.05, 0.1) is 24.1 Å². The average molecular weight is 540 g/mol. The third-order valence-corrected chi connectivity index (χ3v) is 7.37. The molecule has 1 aliphatic heterocycles. The van der Waals surface area contributed by atoms with E-state index >= 15 is 0 Å². The first-order valence-electron chi connectivity index (χ1n) is 12.5. The molecule has 1 aromatic heterocycles. The van der Waals surface area contributed by atoms with Gasteiger partial charge < -0.3 is 15.4 Å². The molecule has 1 atom stereocenters. The lowest BCUT2D eigenvalue weighted by Gasteiger charge is -2.29. The third kappa shape index (κ3) is 5.58. The molecule has 4 aromatic rings. The van der Waals surface area contributed by atoms with Gasteiger partial charge in [-0.3, -0.25) is 9.59 Å². The van der Waals surface area contributed by atoms with Gasteiger partial charge in [0, 0.05) is 11.3 Å². The minimum absolute atomic E-state index is 0.00185. The van der Waals surface area contributed by atoms with Gasteiger partial charge in [-0.1, -0.05) is 83.6 Å². The summed E-state index contributed by atoms with van der Waals surface area (Å²) in [5.74, 6) is 1.01. The summed E-state index contributed by atoms with van der Waals surface area (Å²) in [5.41, 5.74) is 5.51. The van der Waals surface area contributed by atoms with Crippen LogP contribution in [0.5, 0.6) is 5.75 Å². The second-order valence-electron chi connectivity index (χ2n) is 9.37. The fraction of sp³-hybridized carbons (Fsp3) is 0.200. The molecule has 0 aliphatic carbocycles. The monoisotopic (exact) mass is 539 g/mol. The number of nitrogens with zero attached hydrogens (tertiary/aromatic N) is 3. The fourth-order valence-electron chi connectivity index (χ4n) is 4.43. The molecule has 39 heavy (non-hydrogen) atoms. The highest BCUT2D eigenvalue weighted by Crippen LogP contribution is 2.37. The number of hydrogen-bond acceptors (Lipinski definition) is 7. The largest absolute Gasteiger partial charge is 0.495 e. The van der Waals surface area contributed by atoms with Crippen molar-refractivity contribution in [2.75, 3.05) is 23.5 Å². The summed E-state index contributed by atoms with van der Waals surface area (Å²) < 4.78 is 7.14. The van der Waals surface area contributed by atoms with E-state index in [1.54, 1.807) is 23.9 Å². The summed E-state index contributed by atoms with van der Waals surface area (Å²) in [4.78, 5) is 31.1. The van der Waals surface area contributed by atoms with E-state index in [2.05, 4.69) is 15.6 Å². The number of methoxy groups -OCH3 is 1. The van der Waals surface area contributed by atoms with Crippen molar-refractivity contribution in [3.05, 3.63) is 106 Å². The van der Waals surface area contributed by atoms with Crippen LogP contribution in [0.15, 0.2) is 89.2 Å². The zero-order chi connectivity index (χ0) is 27.5. The first-order valence-corrected chi connectivity index (χ1v) is 13.5. The van der Waals surface area contributed by atoms with Gasteiger partial charge in [0.25, 0.3) is 5.91 Å². The maximum Gasteiger partial charge on any atom is 0.255 e. The lowest BCUT2D eigenvalue weighted by molar-refractivity contribution is -0.113. The van der Waals surface area contributed by atoms with E-state index in [0.29, 0.717) is 39.4 Å². The Kier molecular flexibility index (Phi) is 7.51. The fourth-order valence-corrected chi connectivity index (χ4v) is 5.16. The zero-order valence-electron chi connectivity index (χ0n) is 22.2. The molecule has 2 heterocycles. The van der Waals surface area contributed by atoms with Crippen molar-refractivity contribution in [2.24, 2.45) is 0 Å². The standard InChI is InChI=1S/C30H29N5O3S/c1-18-9-13-21(14-10-18)24(36)17-39-30-33-29-31-20(3)26(28(37)32-23-7-5-6-8-25(23)38-4)27(35(29)34-30)22-15-11-19(2)12-16-22/h5-16,27H,17H2,1-4H3,(H,32,37)(H,31,33,34). The number of aryl methyl sites for hydroxylation is 2. The van der Waals surface area contributed by atoms with Crippen LogP contribution in [0.2, 0.25) is 0 Å². The van der Waals surface area contributed by atoms with E-state index in [1.807, 2.05) is 81.4 Å². The minimum atomic E-state index is -0.522. The first-order chi connectivity index (χ1) is 18.8. The molecular formula is C30H29N5O3S. The van der Waals surface area contributed by atoms with Gasteiger partial charge in [-0.15, -0.1) is 5.10 Å². The number of benzene rings is 3. The third-order valence-electron chi connectivity index (χ3n) is 6.53. The zero-order valence-corrected chi connectivity index (χ0v) is 23.0. The van der Waals surface area contributed by atoms with Gasteiger partial charge in [-0.2, -0.15) is 4.98 Å². The highest BCUT2D eigenvalue weighted by Gasteiger charge is 2.34. The summed E-state index contributed by atoms with van der Waals surface area (Å²) in [6, 6.07) is 22.3. The number of rotatable bonds is 8. The smallest absolute Gasteiger partial charge is 0.255 e. The van der Waals surface area contributed by atoms with E-state index in [9.17, 15) is 9.59 Å². The first kappa shape index (κ1) is 26.2. The molecule has 9 heteroatoms. The number of para-hydroxylation sites is 2. The Morgan fingerprint density at radius 1 is 0.974 bits per heavy atom. The van der Waals surface area contributed by atoms with Crippen LogP contribution in [0.1, 0.15) is 40.0 Å². The van der Waals surface area contributed by atoms with Crippen molar-refractivity contribution in [3.63, 3.8) is 0 Å². The Hall–Kier alpha value is -4.37. The second-order valence-corrected chi connectivity index (χ2v) is 10.3. The van der Waals surface area contributed by atoms with Gasteiger partial charge >= 0.3 is 0 Å². The number of Topliss-reactive ketones (excluding diaryl/α,β-unsaturated/α-hetero) is 1. The molecule has 8 nitrogen and oxygen atoms in total. The molecule has 1 amide bonds. The average Bonchev–Trinajstić information content (AvgIpc) is 3.34. The number of fused-ring (bicyclic) bond motifs is 1. The molecule has 1 unspecified atom stereocenters. The topological polar surface area (TPSA) is 98.1 Å². The molecule has 0 radical (unpaired) electrons. The van der Waals surface area contributed by atoms with Gasteiger partial charge in [-0.05, 0) is 38.5 Å². The molecule has 5 rings (SSSR count). The van der Waals surface area contributed by atoms with Crippen molar-refractivity contribution in [2.45, 2.75) is 32.0 Å². The van der Waals surface area contributed by atoms with Crippen LogP contribution < -0.4 is 15.4 Å². The van der Waals surface area contributed by atoms with E-state index in [0.717, 1.165) is 16.7 Å². The minimum Gasteiger partial charge on any atom is -0.495 e. The normalized spacial score (nSPS) is 14.4. The van der Waals surface area contributed by atoms with Crippen LogP contribution in [0.4, 0.5) is 11.6 Å². The quantitative estimate of drug-likeness (QED) is 0.216. The molecule has 1 aliphatic rings. The van der Waals surface area contributed by atoms with Crippen molar-refractivity contribution < 1.29 is 14.3 Å². The van der Waals surface area contributed by atoms with Crippen LogP contribution in [0.3, 0.4) is 0 Å². The number of amides is 1. The predicted molar refractivity (Wildman–Crippen MR) is 154 cm³/mol. The van der Waals surface area contributed by atoms with Crippen LogP contribution in [0.25, 0.3) is 0 Å². The van der Waals surface area contributed by atoms with Crippen molar-refractivity contribution in [3.8, 4) is 5.75 Å². The molecule has 198 valence electrons. The Morgan fingerprint density at radius 3 is 2.33 bits per heavy atom. The molecule has 0 spiro atoms. The molecule has 0 bridgehead atoms. The summed E-state index contributed by atoms with van der Waals surface area (Å²) in [7, 11) is 1.57. The number of anilines is 2. The molecule has 3 aromatic carbocycles. The molecular weight excluding hydrogens is 510 g/mol. The number of thioether (sulfide) groups is 1. The Labute approximate surface area is 231 Å². The molecule has 2 N–H and O–H groups in total. The number of ketones is 1. The Balaban J connectivity index is 1.45. The second kappa shape index (κ2) is 11.2. The number of aromatic nitrogens is 3. The number of carbonyl (C=O) groups is 2. The van der Waals surface area contributed by atoms with Crippen molar-refractivity contribution in [1.29, 1.82) is 0 Å². The lowest BCUT2D eigenvalue weighted by Crippen LogP contribution is -2.31. The number of carbonyl (C=O) groups excluding carboxylic acids is 2. The summed E-state index contributed by atoms with van der Waals surface area (Å²) in [6.07, 6.45) is 0. The number of nitrogens with one attached hydrogen (secondary N) is 2. The SMILES string of the molecule is COc1ccccc1NC(=O)C1=C(C)Nc2nc(SCC(=O)c3ccc(C)cc3)nn2C1c1ccc(C)cc1. The van der Waals surface area contributed by atoms with Crippen molar-refractivity contribution in [1.82, 2.24) is 14.8 Å². The van der Waals surface area contributed by atoms with E-state index in [4.69, 9.17) is 9.84 Å². The van der Waals surface area contributed by atoms with Gasteiger partial charge in [0.2, 0.25) is 11.1 Å². The highest BCUT2D eigenvalue weighted by molar-refractivity contribution is 7.99. The maximum absolute atomic E-state index is 13.7. The van der Waals surface area contributed by atoms with E-state index in [-0.39, 0.29) is 17.4 Å². The number of hydrogen-bond donors (Lipinski definition) is 2. The maximum atomic E-state index is 13.7. The molecule has 0 saturated carbocycles. The summed E-state index contributed by atoms with van der Waals surface area (Å²) >= 11 is 1.27. The Bertz CT molecular complexity index is 1560. The Morgan fingerprint density at radius 2 is 1.64 bits per heavy atom. The predicted octanol–water partition coefficient (Wildman–Crippen LogP) is 5.81. The van der Waals surface area contributed by atoms with E-state index in [1.165, 1.54) is 11.8 Å². The van der Waals surface area contributed by atoms with Gasteiger partial charge in [0.1, 0.15) is 11.8 Å². The highest BCUT2D eigenvalue weighted by atomic mass is 32.2. The summed E-state index contributed by atoms with van der Waals surface area (Å²) in [6.45, 7) is 5.86. The summed E-state index contributed by atoms with van der Waals surface area (Å²) in [5, 5.41) is 11.4. The molecule has 0 fully saturated rings. The van der Waals surface area contributed by atoms with Crippen LogP contribution in [0, 0.1) is 13.8 Å². The van der Waals surface area contributed by atoms with Crippen LogP contribution >= 0.6 is 11.8 Å². The van der Waals surface area contributed by atoms with Gasteiger partial charge in [-0.25, -0.2) is 4.68 Å². The van der Waals surface area contributed by atoms with Crippen LogP contribution in [-0.2, 0) is 4.79 Å². The van der Waals surface area contributed by atoms with Crippen molar-refractivity contribution >= 4 is 35.1 Å². The number of ether oxygens (including phenoxy) is 1. The van der Waals surface area contributed by atoms with Gasteiger partial charge in [0.15, 0.2) is 5.78 Å². The molecule has 0 saturated heterocycles. The van der Waals surface area contributed by atoms with Crippen LogP contribution in [-0.4, -0.2) is 39.3 Å². The van der Waals surface area contributed by atoms with E-state index < -0.39 is 6.04 Å².